The Kier molecular flexibility index (Phi) is 15.6. The summed E-state index contributed by atoms with van der Waals surface area (Å²) in [5, 5.41) is 0. The normalized spacial score (nSPS) is 19.4. The molecule has 1 aliphatic heterocycles. The fourth-order valence-electron chi connectivity index (χ4n) is 3.86. The van der Waals surface area contributed by atoms with Crippen LogP contribution in [0.25, 0.3) is 0 Å². The van der Waals surface area contributed by atoms with E-state index in [0.717, 1.165) is 12.8 Å². The Morgan fingerprint density at radius 1 is 0.615 bits per heavy atom. The van der Waals surface area contributed by atoms with E-state index >= 15 is 0 Å². The fraction of sp³-hybridized carbons (Fsp3) is 1.00. The van der Waals surface area contributed by atoms with Crippen LogP contribution in [0, 0.1) is 0 Å². The highest BCUT2D eigenvalue weighted by atomic mass is 16.7. The Bertz CT molecular complexity index is 291. The summed E-state index contributed by atoms with van der Waals surface area (Å²) in [6, 6.07) is 0. The molecule has 1 heterocycles. The van der Waals surface area contributed by atoms with Crippen molar-refractivity contribution in [2.24, 2.45) is 0 Å². The van der Waals surface area contributed by atoms with E-state index in [1.165, 1.54) is 96.3 Å². The van der Waals surface area contributed by atoms with Gasteiger partial charge in [-0.15, -0.1) is 0 Å². The topological polar surface area (TPSA) is 31.0 Å². The van der Waals surface area contributed by atoms with Gasteiger partial charge in [0.2, 0.25) is 0 Å². The van der Waals surface area contributed by atoms with Gasteiger partial charge in [0, 0.05) is 20.6 Å². The van der Waals surface area contributed by atoms with Gasteiger partial charge < -0.3 is 14.2 Å². The Labute approximate surface area is 163 Å². The molecular weight excluding hydrogens is 324 g/mol. The van der Waals surface area contributed by atoms with E-state index in [-0.39, 0.29) is 6.29 Å². The standard InChI is InChI=1S/C23H46O3/c1-4-5-6-7-8-9-10-11-12-13-14-15-16-17-18-21-22(26-21)19-20-23(24-2)25-3/h21-23H,4-20H2,1-3H3. The van der Waals surface area contributed by atoms with Crippen molar-refractivity contribution in [1.82, 2.24) is 0 Å². The molecule has 3 nitrogen and oxygen atoms in total. The first-order chi connectivity index (χ1) is 12.8. The molecule has 0 bridgehead atoms. The molecule has 0 aliphatic carbocycles. The van der Waals surface area contributed by atoms with E-state index in [0.29, 0.717) is 12.2 Å². The quantitative estimate of drug-likeness (QED) is 0.131. The van der Waals surface area contributed by atoms with Crippen LogP contribution in [-0.4, -0.2) is 32.7 Å². The van der Waals surface area contributed by atoms with Crippen LogP contribution >= 0.6 is 0 Å². The summed E-state index contributed by atoms with van der Waals surface area (Å²) in [6.07, 6.45) is 24.1. The summed E-state index contributed by atoms with van der Waals surface area (Å²) in [5.74, 6) is 0. The van der Waals surface area contributed by atoms with Crippen LogP contribution < -0.4 is 0 Å². The Morgan fingerprint density at radius 3 is 1.50 bits per heavy atom. The number of methoxy groups -OCH3 is 2. The molecule has 0 saturated carbocycles. The number of hydrogen-bond donors (Lipinski definition) is 0. The summed E-state index contributed by atoms with van der Waals surface area (Å²) in [6.45, 7) is 2.29. The molecule has 0 amide bonds. The lowest BCUT2D eigenvalue weighted by molar-refractivity contribution is -0.107. The smallest absolute Gasteiger partial charge is 0.156 e. The molecule has 0 aromatic carbocycles. The van der Waals surface area contributed by atoms with Crippen molar-refractivity contribution in [1.29, 1.82) is 0 Å². The molecule has 0 N–H and O–H groups in total. The number of epoxide rings is 1. The molecule has 0 aromatic rings. The van der Waals surface area contributed by atoms with Gasteiger partial charge in [-0.2, -0.15) is 0 Å². The first-order valence-electron chi connectivity index (χ1n) is 11.5. The minimum absolute atomic E-state index is 0.0686. The number of rotatable bonds is 20. The third-order valence-electron chi connectivity index (χ3n) is 5.74. The molecule has 1 aliphatic rings. The summed E-state index contributed by atoms with van der Waals surface area (Å²) in [4.78, 5) is 0. The molecule has 26 heavy (non-hydrogen) atoms. The van der Waals surface area contributed by atoms with Gasteiger partial charge in [-0.25, -0.2) is 0 Å². The maximum Gasteiger partial charge on any atom is 0.156 e. The fourth-order valence-corrected chi connectivity index (χ4v) is 3.86. The highest BCUT2D eigenvalue weighted by Gasteiger charge is 2.37. The molecule has 2 unspecified atom stereocenters. The highest BCUT2D eigenvalue weighted by Crippen LogP contribution is 2.31. The summed E-state index contributed by atoms with van der Waals surface area (Å²) < 4.78 is 16.2. The summed E-state index contributed by atoms with van der Waals surface area (Å²) in [5.41, 5.74) is 0. The second kappa shape index (κ2) is 17.0. The highest BCUT2D eigenvalue weighted by molar-refractivity contribution is 4.84. The van der Waals surface area contributed by atoms with E-state index in [9.17, 15) is 0 Å². The van der Waals surface area contributed by atoms with Gasteiger partial charge in [0.15, 0.2) is 6.29 Å². The van der Waals surface area contributed by atoms with E-state index in [1.54, 1.807) is 14.2 Å². The Balaban J connectivity index is 1.73. The molecule has 1 rings (SSSR count). The Hall–Kier alpha value is -0.120. The van der Waals surface area contributed by atoms with Crippen molar-refractivity contribution in [3.63, 3.8) is 0 Å². The third kappa shape index (κ3) is 13.1. The average molecular weight is 371 g/mol. The first-order valence-corrected chi connectivity index (χ1v) is 11.5. The van der Waals surface area contributed by atoms with Crippen molar-refractivity contribution in [3.05, 3.63) is 0 Å². The van der Waals surface area contributed by atoms with Gasteiger partial charge in [-0.05, 0) is 12.8 Å². The molecular formula is C23H46O3. The lowest BCUT2D eigenvalue weighted by atomic mass is 10.0. The molecule has 3 heteroatoms. The van der Waals surface area contributed by atoms with Gasteiger partial charge >= 0.3 is 0 Å². The van der Waals surface area contributed by atoms with Crippen molar-refractivity contribution < 1.29 is 14.2 Å². The van der Waals surface area contributed by atoms with Crippen molar-refractivity contribution in [2.45, 2.75) is 135 Å². The second-order valence-corrected chi connectivity index (χ2v) is 8.08. The minimum atomic E-state index is -0.0686. The zero-order chi connectivity index (χ0) is 18.9. The monoisotopic (exact) mass is 370 g/mol. The van der Waals surface area contributed by atoms with Crippen LogP contribution in [0.2, 0.25) is 0 Å². The van der Waals surface area contributed by atoms with Gasteiger partial charge in [0.25, 0.3) is 0 Å². The van der Waals surface area contributed by atoms with Crippen LogP contribution in [0.1, 0.15) is 116 Å². The number of unbranched alkanes of at least 4 members (excludes halogenated alkanes) is 13. The minimum Gasteiger partial charge on any atom is -0.370 e. The van der Waals surface area contributed by atoms with E-state index in [2.05, 4.69) is 6.92 Å². The third-order valence-corrected chi connectivity index (χ3v) is 5.74. The van der Waals surface area contributed by atoms with Crippen LogP contribution in [0.4, 0.5) is 0 Å². The lowest BCUT2D eigenvalue weighted by Gasteiger charge is -2.11. The lowest BCUT2D eigenvalue weighted by Crippen LogP contribution is -2.13. The van der Waals surface area contributed by atoms with Crippen LogP contribution in [-0.2, 0) is 14.2 Å². The molecule has 0 aromatic heterocycles. The van der Waals surface area contributed by atoms with E-state index < -0.39 is 0 Å². The van der Waals surface area contributed by atoms with Gasteiger partial charge in [0.1, 0.15) is 0 Å². The van der Waals surface area contributed by atoms with Gasteiger partial charge in [-0.3, -0.25) is 0 Å². The maximum atomic E-state index is 5.76. The molecule has 0 spiro atoms. The zero-order valence-corrected chi connectivity index (χ0v) is 18.0. The Morgan fingerprint density at radius 2 is 1.04 bits per heavy atom. The molecule has 0 radical (unpaired) electrons. The van der Waals surface area contributed by atoms with Crippen LogP contribution in [0.5, 0.6) is 0 Å². The predicted octanol–water partition coefficient (Wildman–Crippen LogP) is 7.02. The second-order valence-electron chi connectivity index (χ2n) is 8.08. The van der Waals surface area contributed by atoms with E-state index in [4.69, 9.17) is 14.2 Å². The SMILES string of the molecule is CCCCCCCCCCCCCCCCC1OC1CCC(OC)OC. The van der Waals surface area contributed by atoms with Crippen molar-refractivity contribution in [3.8, 4) is 0 Å². The van der Waals surface area contributed by atoms with Crippen LogP contribution in [0.15, 0.2) is 0 Å². The molecule has 1 saturated heterocycles. The van der Waals surface area contributed by atoms with Crippen molar-refractivity contribution >= 4 is 0 Å². The summed E-state index contributed by atoms with van der Waals surface area (Å²) >= 11 is 0. The number of hydrogen-bond acceptors (Lipinski definition) is 3. The first kappa shape index (κ1) is 23.9. The van der Waals surface area contributed by atoms with Crippen molar-refractivity contribution in [2.75, 3.05) is 14.2 Å². The molecule has 156 valence electrons. The summed E-state index contributed by atoms with van der Waals surface area (Å²) in [7, 11) is 3.40. The number of ether oxygens (including phenoxy) is 3. The van der Waals surface area contributed by atoms with Crippen LogP contribution in [0.3, 0.4) is 0 Å². The van der Waals surface area contributed by atoms with Gasteiger partial charge in [0.05, 0.1) is 12.2 Å². The molecule has 1 fully saturated rings. The largest absolute Gasteiger partial charge is 0.370 e. The maximum absolute atomic E-state index is 5.76. The predicted molar refractivity (Wildman–Crippen MR) is 111 cm³/mol. The molecule has 2 atom stereocenters. The van der Waals surface area contributed by atoms with Gasteiger partial charge in [-0.1, -0.05) is 96.8 Å². The van der Waals surface area contributed by atoms with E-state index in [1.807, 2.05) is 0 Å². The average Bonchev–Trinajstić information content (AvgIpc) is 3.41. The zero-order valence-electron chi connectivity index (χ0n) is 18.0.